The van der Waals surface area contributed by atoms with Crippen molar-refractivity contribution in [2.75, 3.05) is 12.4 Å². The molecule has 3 nitrogen and oxygen atoms in total. The van der Waals surface area contributed by atoms with E-state index in [4.69, 9.17) is 4.74 Å². The number of benzene rings is 2. The van der Waals surface area contributed by atoms with E-state index < -0.39 is 17.5 Å². The van der Waals surface area contributed by atoms with Crippen molar-refractivity contribution in [3.05, 3.63) is 65.7 Å². The van der Waals surface area contributed by atoms with Gasteiger partial charge in [-0.2, -0.15) is 0 Å². The molecule has 0 unspecified atom stereocenters. The molecule has 2 aromatic carbocycles. The minimum absolute atomic E-state index is 0.211. The van der Waals surface area contributed by atoms with Crippen molar-refractivity contribution in [2.24, 2.45) is 5.92 Å². The Morgan fingerprint density at radius 1 is 1.26 bits per heavy atom. The summed E-state index contributed by atoms with van der Waals surface area (Å²) in [5, 5.41) is 10.8. The van der Waals surface area contributed by atoms with Crippen LogP contribution in [0.25, 0.3) is 0 Å². The monoisotopic (exact) mass is 450 g/mol. The van der Waals surface area contributed by atoms with Crippen molar-refractivity contribution in [1.82, 2.24) is 0 Å². The molecular weight excluding hydrogens is 423 g/mol. The summed E-state index contributed by atoms with van der Waals surface area (Å²) in [7, 11) is 0. The molecule has 1 N–H and O–H groups in total. The van der Waals surface area contributed by atoms with Crippen LogP contribution < -0.4 is 4.46 Å². The predicted octanol–water partition coefficient (Wildman–Crippen LogP) is 4.27. The van der Waals surface area contributed by atoms with Gasteiger partial charge in [0.05, 0.1) is 0 Å². The van der Waals surface area contributed by atoms with Crippen LogP contribution in [0.5, 0.6) is 0 Å². The molecule has 1 aliphatic rings. The van der Waals surface area contributed by atoms with Gasteiger partial charge in [-0.15, -0.1) is 0 Å². The fourth-order valence-electron chi connectivity index (χ4n) is 3.54. The van der Waals surface area contributed by atoms with E-state index in [1.54, 1.807) is 0 Å². The zero-order chi connectivity index (χ0) is 19.3. The van der Waals surface area contributed by atoms with Crippen LogP contribution in [0.4, 0.5) is 0 Å². The molecule has 0 aliphatic carbocycles. The van der Waals surface area contributed by atoms with Gasteiger partial charge < -0.3 is 0 Å². The molecule has 0 bridgehead atoms. The van der Waals surface area contributed by atoms with Crippen LogP contribution in [-0.4, -0.2) is 38.4 Å². The van der Waals surface area contributed by atoms with Crippen LogP contribution in [0.15, 0.2) is 54.6 Å². The van der Waals surface area contributed by atoms with Gasteiger partial charge in [0.25, 0.3) is 0 Å². The van der Waals surface area contributed by atoms with Crippen molar-refractivity contribution in [1.29, 1.82) is 0 Å². The fraction of sp³-hybridized carbons (Fsp3) is 0.409. The van der Waals surface area contributed by atoms with Gasteiger partial charge in [0.1, 0.15) is 0 Å². The van der Waals surface area contributed by atoms with Gasteiger partial charge in [0.2, 0.25) is 0 Å². The molecule has 0 saturated carbocycles. The summed E-state index contributed by atoms with van der Waals surface area (Å²) >= 11 is 2.17. The molecule has 1 fully saturated rings. The number of ether oxygens (including phenoxy) is 1. The van der Waals surface area contributed by atoms with Gasteiger partial charge >= 0.3 is 172 Å². The summed E-state index contributed by atoms with van der Waals surface area (Å²) in [4.78, 5) is 11.5. The Balaban J connectivity index is 1.84. The molecule has 144 valence electrons. The molecule has 1 aliphatic heterocycles. The van der Waals surface area contributed by atoms with Gasteiger partial charge in [-0.05, 0) is 0 Å². The van der Waals surface area contributed by atoms with E-state index in [0.29, 0.717) is 18.3 Å². The molecule has 0 spiro atoms. The third kappa shape index (κ3) is 4.78. The number of thioether (sulfide) groups is 1. The summed E-state index contributed by atoms with van der Waals surface area (Å²) in [5.74, 6) is -0.0839. The molecule has 1 heterocycles. The summed E-state index contributed by atoms with van der Waals surface area (Å²) in [5.41, 5.74) is 2.02. The van der Waals surface area contributed by atoms with Gasteiger partial charge in [-0.3, -0.25) is 0 Å². The van der Waals surface area contributed by atoms with Crippen LogP contribution in [0.3, 0.4) is 0 Å². The number of rotatable bonds is 8. The van der Waals surface area contributed by atoms with Crippen LogP contribution in [-0.2, 0) is 15.1 Å². The first-order valence-corrected chi connectivity index (χ1v) is 12.4. The van der Waals surface area contributed by atoms with Gasteiger partial charge in [-0.25, -0.2) is 0 Å². The van der Waals surface area contributed by atoms with Crippen LogP contribution in [0.2, 0.25) is 5.32 Å². The molecule has 3 atom stereocenters. The molecule has 3 rings (SSSR count). The van der Waals surface area contributed by atoms with E-state index in [1.165, 1.54) is 10.0 Å². The quantitative estimate of drug-likeness (QED) is 0.612. The molecule has 2 aromatic rings. The molecule has 1 saturated heterocycles. The van der Waals surface area contributed by atoms with Crippen molar-refractivity contribution in [3.8, 4) is 0 Å². The van der Waals surface area contributed by atoms with E-state index in [-0.39, 0.29) is 15.0 Å². The maximum atomic E-state index is 11.5. The number of carbonyl (C=O) groups is 1. The first kappa shape index (κ1) is 20.5. The summed E-state index contributed by atoms with van der Waals surface area (Å²) in [6, 6.07) is 18.8. The first-order chi connectivity index (χ1) is 13.1. The fourth-order valence-corrected chi connectivity index (χ4v) is 7.41. The van der Waals surface area contributed by atoms with Crippen molar-refractivity contribution < 1.29 is 14.6 Å². The Bertz CT molecular complexity index is 767. The standard InChI is InChI=1S/C22H26O3SSe/c1-3-26-16(2)19-11-7-8-12-20(19)27-15-22(18-9-5-4-6-10-18)13-17(14-25-22)21(23)24/h4-12,16-17H,3,13-15H2,1-2H3,(H,23,24)/t16-,17-,22+/m1/s1. The Morgan fingerprint density at radius 3 is 2.63 bits per heavy atom. The summed E-state index contributed by atoms with van der Waals surface area (Å²) in [6.45, 7) is 4.75. The third-order valence-corrected chi connectivity index (χ3v) is 8.82. The second kappa shape index (κ2) is 9.29. The molecule has 0 aromatic heterocycles. The predicted molar refractivity (Wildman–Crippen MR) is 113 cm³/mol. The average molecular weight is 449 g/mol. The molecule has 5 heteroatoms. The Morgan fingerprint density at radius 2 is 1.96 bits per heavy atom. The number of carboxylic acids is 1. The van der Waals surface area contributed by atoms with Crippen molar-refractivity contribution in [2.45, 2.75) is 36.4 Å². The van der Waals surface area contributed by atoms with Gasteiger partial charge in [-0.1, -0.05) is 0 Å². The summed E-state index contributed by atoms with van der Waals surface area (Å²) in [6.07, 6.45) is 0.551. The van der Waals surface area contributed by atoms with Gasteiger partial charge in [0.15, 0.2) is 0 Å². The van der Waals surface area contributed by atoms with E-state index in [1.807, 2.05) is 30.0 Å². The van der Waals surface area contributed by atoms with E-state index in [9.17, 15) is 9.90 Å². The number of hydrogen-bond donors (Lipinski definition) is 1. The Hall–Kier alpha value is -1.26. The molecule has 0 radical (unpaired) electrons. The zero-order valence-electron chi connectivity index (χ0n) is 15.8. The molecule has 27 heavy (non-hydrogen) atoms. The van der Waals surface area contributed by atoms with Crippen LogP contribution >= 0.6 is 11.8 Å². The van der Waals surface area contributed by atoms with Gasteiger partial charge in [0, 0.05) is 0 Å². The normalized spacial score (nSPS) is 23.3. The maximum absolute atomic E-state index is 11.5. The van der Waals surface area contributed by atoms with E-state index >= 15 is 0 Å². The second-order valence-electron chi connectivity index (χ2n) is 6.83. The topological polar surface area (TPSA) is 46.5 Å². The van der Waals surface area contributed by atoms with Crippen LogP contribution in [0, 0.1) is 5.92 Å². The zero-order valence-corrected chi connectivity index (χ0v) is 18.3. The number of carboxylic acid groups (broad SMARTS) is 1. The van der Waals surface area contributed by atoms with E-state index in [2.05, 4.69) is 50.2 Å². The number of hydrogen-bond acceptors (Lipinski definition) is 3. The van der Waals surface area contributed by atoms with Crippen molar-refractivity contribution in [3.63, 3.8) is 0 Å². The van der Waals surface area contributed by atoms with Crippen molar-refractivity contribution >= 4 is 37.1 Å². The Labute approximate surface area is 172 Å². The molecule has 0 amide bonds. The Kier molecular flexibility index (Phi) is 7.04. The SMILES string of the molecule is CCS[C@H](C)c1ccccc1[Se]C[C@]1(c2ccccc2)C[C@@H](C(=O)O)CO1. The number of aliphatic carboxylic acids is 1. The third-order valence-electron chi connectivity index (χ3n) is 5.02. The first-order valence-electron chi connectivity index (χ1n) is 9.31. The van der Waals surface area contributed by atoms with Crippen LogP contribution in [0.1, 0.15) is 36.6 Å². The summed E-state index contributed by atoms with van der Waals surface area (Å²) < 4.78 is 7.60. The average Bonchev–Trinajstić information content (AvgIpc) is 3.14. The van der Waals surface area contributed by atoms with E-state index in [0.717, 1.165) is 16.6 Å². The minimum atomic E-state index is -0.756. The second-order valence-corrected chi connectivity index (χ2v) is 10.6. The molecular formula is C22H26O3SSe.